The predicted octanol–water partition coefficient (Wildman–Crippen LogP) is 5.29. The molecule has 6 heteroatoms. The number of benzene rings is 1. The van der Waals surface area contributed by atoms with Crippen molar-refractivity contribution < 1.29 is 13.0 Å². The molecule has 1 aromatic rings. The van der Waals surface area contributed by atoms with E-state index in [0.29, 0.717) is 0 Å². The van der Waals surface area contributed by atoms with E-state index in [4.69, 9.17) is 10.3 Å². The highest BCUT2D eigenvalue weighted by Crippen LogP contribution is 2.14. The van der Waals surface area contributed by atoms with Gasteiger partial charge in [0.05, 0.1) is 4.90 Å². The fourth-order valence-corrected chi connectivity index (χ4v) is 3.53. The van der Waals surface area contributed by atoms with Crippen LogP contribution in [-0.2, 0) is 16.5 Å². The molecule has 1 aromatic carbocycles. The van der Waals surface area contributed by atoms with E-state index >= 15 is 0 Å². The van der Waals surface area contributed by atoms with Crippen molar-refractivity contribution in [1.82, 2.24) is 4.90 Å². The number of nitrogens with two attached hydrogens (primary N) is 1. The predicted molar refractivity (Wildman–Crippen MR) is 124 cm³/mol. The monoisotopic (exact) mass is 428 g/mol. The van der Waals surface area contributed by atoms with E-state index in [2.05, 4.69) is 25.9 Å². The summed E-state index contributed by atoms with van der Waals surface area (Å²) < 4.78 is 30.8. The molecule has 0 amide bonds. The number of unbranched alkanes of at least 4 members (excludes halogenated alkanes) is 9. The molecule has 0 spiro atoms. The van der Waals surface area contributed by atoms with Gasteiger partial charge in [0.15, 0.2) is 0 Å². The standard InChI is InChI=1S/C18H30O3S.C5H14N2/c1-2-3-4-5-6-7-8-9-10-11-12-17-13-15-18(16-14-17)22(19,20)21;1-7(2)5-3-4-6/h13-16H,2-12H2,1H3,(H,19,20,21);3-6H2,1-2H3. The van der Waals surface area contributed by atoms with E-state index in [1.165, 1.54) is 69.9 Å². The second kappa shape index (κ2) is 17.9. The minimum absolute atomic E-state index is 0.0284. The van der Waals surface area contributed by atoms with Gasteiger partial charge in [-0.25, -0.2) is 0 Å². The first-order valence-corrected chi connectivity index (χ1v) is 12.7. The lowest BCUT2D eigenvalue weighted by Crippen LogP contribution is -2.16. The molecule has 0 fully saturated rings. The Kier molecular flexibility index (Phi) is 17.3. The van der Waals surface area contributed by atoms with Gasteiger partial charge in [-0.05, 0) is 64.1 Å². The fraction of sp³-hybridized carbons (Fsp3) is 0.739. The summed E-state index contributed by atoms with van der Waals surface area (Å²) in [7, 11) is 0.0388. The third kappa shape index (κ3) is 17.6. The van der Waals surface area contributed by atoms with Crippen LogP contribution in [-0.4, -0.2) is 45.1 Å². The van der Waals surface area contributed by atoms with Crippen LogP contribution in [0, 0.1) is 0 Å². The number of rotatable bonds is 15. The van der Waals surface area contributed by atoms with Crippen LogP contribution in [0.15, 0.2) is 29.2 Å². The molecule has 0 aliphatic rings. The van der Waals surface area contributed by atoms with Gasteiger partial charge in [-0.2, -0.15) is 8.42 Å². The van der Waals surface area contributed by atoms with Crippen LogP contribution in [0.1, 0.15) is 83.1 Å². The van der Waals surface area contributed by atoms with Crippen molar-refractivity contribution in [1.29, 1.82) is 0 Å². The molecule has 0 aliphatic carbocycles. The maximum absolute atomic E-state index is 10.9. The Morgan fingerprint density at radius 1 is 0.828 bits per heavy atom. The van der Waals surface area contributed by atoms with Crippen molar-refractivity contribution in [3.63, 3.8) is 0 Å². The van der Waals surface area contributed by atoms with Gasteiger partial charge in [-0.15, -0.1) is 0 Å². The van der Waals surface area contributed by atoms with Crippen LogP contribution in [0.3, 0.4) is 0 Å². The van der Waals surface area contributed by atoms with E-state index in [0.717, 1.165) is 37.9 Å². The molecule has 29 heavy (non-hydrogen) atoms. The lowest BCUT2D eigenvalue weighted by molar-refractivity contribution is 0.403. The molecule has 0 saturated carbocycles. The lowest BCUT2D eigenvalue weighted by atomic mass is 10.0. The summed E-state index contributed by atoms with van der Waals surface area (Å²) in [5.74, 6) is 0. The Morgan fingerprint density at radius 2 is 1.31 bits per heavy atom. The second-order valence-electron chi connectivity index (χ2n) is 8.00. The van der Waals surface area contributed by atoms with Gasteiger partial charge in [0.1, 0.15) is 0 Å². The molecule has 0 radical (unpaired) electrons. The summed E-state index contributed by atoms with van der Waals surface area (Å²) in [6, 6.07) is 6.52. The van der Waals surface area contributed by atoms with E-state index in [9.17, 15) is 8.42 Å². The third-order valence-electron chi connectivity index (χ3n) is 4.85. The van der Waals surface area contributed by atoms with E-state index < -0.39 is 10.1 Å². The van der Waals surface area contributed by atoms with Crippen LogP contribution >= 0.6 is 0 Å². The maximum atomic E-state index is 10.9. The Bertz CT molecular complexity index is 587. The molecule has 1 rings (SSSR count). The summed E-state index contributed by atoms with van der Waals surface area (Å²) in [4.78, 5) is 2.10. The third-order valence-corrected chi connectivity index (χ3v) is 5.72. The molecule has 0 aromatic heterocycles. The number of nitrogens with zero attached hydrogens (tertiary/aromatic N) is 1. The summed E-state index contributed by atoms with van der Waals surface area (Å²) in [5.41, 5.74) is 6.38. The van der Waals surface area contributed by atoms with Gasteiger partial charge in [0.2, 0.25) is 0 Å². The zero-order valence-electron chi connectivity index (χ0n) is 18.9. The first-order valence-electron chi connectivity index (χ1n) is 11.2. The Hall–Kier alpha value is -0.950. The number of aryl methyl sites for hydroxylation is 1. The molecule has 0 heterocycles. The molecule has 3 N–H and O–H groups in total. The smallest absolute Gasteiger partial charge is 0.294 e. The van der Waals surface area contributed by atoms with Gasteiger partial charge in [0.25, 0.3) is 10.1 Å². The Balaban J connectivity index is 0.000000956. The first kappa shape index (κ1) is 28.1. The van der Waals surface area contributed by atoms with Crippen molar-refractivity contribution >= 4 is 10.1 Å². The average molecular weight is 429 g/mol. The normalized spacial score (nSPS) is 11.4. The molecule has 0 bridgehead atoms. The topological polar surface area (TPSA) is 83.6 Å². The zero-order valence-corrected chi connectivity index (χ0v) is 19.7. The lowest BCUT2D eigenvalue weighted by Gasteiger charge is -2.05. The van der Waals surface area contributed by atoms with Gasteiger partial charge >= 0.3 is 0 Å². The van der Waals surface area contributed by atoms with Crippen LogP contribution in [0.2, 0.25) is 0 Å². The summed E-state index contributed by atoms with van der Waals surface area (Å²) in [5, 5.41) is 0. The highest BCUT2D eigenvalue weighted by atomic mass is 32.2. The van der Waals surface area contributed by atoms with Crippen molar-refractivity contribution in [2.45, 2.75) is 88.9 Å². The van der Waals surface area contributed by atoms with Crippen molar-refractivity contribution in [2.75, 3.05) is 27.2 Å². The fourth-order valence-electron chi connectivity index (χ4n) is 3.05. The Morgan fingerprint density at radius 3 is 1.69 bits per heavy atom. The zero-order chi connectivity index (χ0) is 22.0. The molecule has 0 atom stereocenters. The van der Waals surface area contributed by atoms with Gasteiger partial charge < -0.3 is 10.6 Å². The average Bonchev–Trinajstić information content (AvgIpc) is 2.68. The summed E-state index contributed by atoms with van der Waals surface area (Å²) in [6.45, 7) is 4.16. The van der Waals surface area contributed by atoms with Crippen molar-refractivity contribution in [3.05, 3.63) is 29.8 Å². The summed E-state index contributed by atoms with van der Waals surface area (Å²) in [6.07, 6.45) is 15.2. The first-order chi connectivity index (χ1) is 13.8. The number of hydrogen-bond donors (Lipinski definition) is 2. The molecule has 0 saturated heterocycles. The number of hydrogen-bond acceptors (Lipinski definition) is 4. The van der Waals surface area contributed by atoms with Crippen molar-refractivity contribution in [3.8, 4) is 0 Å². The second-order valence-corrected chi connectivity index (χ2v) is 9.42. The van der Waals surface area contributed by atoms with Gasteiger partial charge in [-0.1, -0.05) is 76.8 Å². The van der Waals surface area contributed by atoms with Crippen LogP contribution in [0.4, 0.5) is 0 Å². The minimum Gasteiger partial charge on any atom is -0.330 e. The van der Waals surface area contributed by atoms with Gasteiger partial charge in [-0.3, -0.25) is 4.55 Å². The SMILES string of the molecule is CCCCCCCCCCCCc1ccc(S(=O)(=O)O)cc1.CN(C)CCCN. The van der Waals surface area contributed by atoms with Crippen LogP contribution < -0.4 is 5.73 Å². The van der Waals surface area contributed by atoms with E-state index in [1.54, 1.807) is 12.1 Å². The Labute approximate surface area is 179 Å². The quantitative estimate of drug-likeness (QED) is 0.293. The van der Waals surface area contributed by atoms with Gasteiger partial charge in [0, 0.05) is 0 Å². The van der Waals surface area contributed by atoms with Crippen molar-refractivity contribution in [2.24, 2.45) is 5.73 Å². The summed E-state index contributed by atoms with van der Waals surface area (Å²) >= 11 is 0. The largest absolute Gasteiger partial charge is 0.330 e. The molecular weight excluding hydrogens is 384 g/mol. The van der Waals surface area contributed by atoms with Crippen LogP contribution in [0.5, 0.6) is 0 Å². The molecule has 0 unspecified atom stereocenters. The molecular formula is C23H44N2O3S. The molecule has 170 valence electrons. The maximum Gasteiger partial charge on any atom is 0.294 e. The molecule has 5 nitrogen and oxygen atoms in total. The highest BCUT2D eigenvalue weighted by molar-refractivity contribution is 7.85. The molecule has 0 aliphatic heterocycles. The van der Waals surface area contributed by atoms with E-state index in [1.807, 2.05) is 0 Å². The van der Waals surface area contributed by atoms with E-state index in [-0.39, 0.29) is 4.90 Å². The highest BCUT2D eigenvalue weighted by Gasteiger charge is 2.08. The minimum atomic E-state index is -4.06. The van der Waals surface area contributed by atoms with Crippen LogP contribution in [0.25, 0.3) is 0 Å².